The summed E-state index contributed by atoms with van der Waals surface area (Å²) >= 11 is 0. The van der Waals surface area contributed by atoms with Gasteiger partial charge in [0.2, 0.25) is 0 Å². The van der Waals surface area contributed by atoms with Gasteiger partial charge in [-0.25, -0.2) is 4.79 Å². The Kier molecular flexibility index (Phi) is 5.32. The van der Waals surface area contributed by atoms with Gasteiger partial charge in [-0.1, -0.05) is 30.3 Å². The monoisotopic (exact) mass is 322 g/mol. The number of esters is 1. The van der Waals surface area contributed by atoms with Gasteiger partial charge in [0.05, 0.1) is 18.4 Å². The summed E-state index contributed by atoms with van der Waals surface area (Å²) in [5.74, 6) is -1.57. The molecule has 0 aromatic heterocycles. The molecule has 0 heterocycles. The number of hydrogen-bond acceptors (Lipinski definition) is 5. The van der Waals surface area contributed by atoms with Crippen molar-refractivity contribution in [2.45, 2.75) is 0 Å². The molecule has 2 aromatic carbocycles. The van der Waals surface area contributed by atoms with E-state index in [0.29, 0.717) is 5.56 Å². The smallest absolute Gasteiger partial charge is 0.337 e. The summed E-state index contributed by atoms with van der Waals surface area (Å²) in [5.41, 5.74) is 0.822. The van der Waals surface area contributed by atoms with Crippen molar-refractivity contribution >= 4 is 23.6 Å². The first kappa shape index (κ1) is 16.8. The molecule has 0 spiro atoms. The van der Waals surface area contributed by atoms with Gasteiger partial charge >= 0.3 is 5.97 Å². The number of nitrogens with zero attached hydrogens (tertiary/aromatic N) is 1. The van der Waals surface area contributed by atoms with Gasteiger partial charge in [0.1, 0.15) is 17.4 Å². The molecule has 0 bridgehead atoms. The summed E-state index contributed by atoms with van der Waals surface area (Å²) in [6, 6.07) is 14.7. The summed E-state index contributed by atoms with van der Waals surface area (Å²) in [6.45, 7) is 0. The van der Waals surface area contributed by atoms with Gasteiger partial charge in [-0.3, -0.25) is 4.79 Å². The van der Waals surface area contributed by atoms with Crippen LogP contribution in [0.15, 0.2) is 54.1 Å². The highest BCUT2D eigenvalue weighted by Crippen LogP contribution is 2.25. The Bertz CT molecular complexity index is 836. The molecule has 2 N–H and O–H groups in total. The number of hydrogen-bond donors (Lipinski definition) is 2. The molecule has 0 aliphatic carbocycles. The zero-order valence-corrected chi connectivity index (χ0v) is 12.8. The highest BCUT2D eigenvalue weighted by molar-refractivity contribution is 6.10. The number of rotatable bonds is 4. The number of ether oxygens (including phenoxy) is 1. The van der Waals surface area contributed by atoms with Crippen LogP contribution in [0, 0.1) is 11.3 Å². The van der Waals surface area contributed by atoms with Crippen LogP contribution in [0.3, 0.4) is 0 Å². The highest BCUT2D eigenvalue weighted by Gasteiger charge is 2.14. The number of aromatic hydroxyl groups is 1. The summed E-state index contributed by atoms with van der Waals surface area (Å²) in [7, 11) is 1.22. The molecule has 6 nitrogen and oxygen atoms in total. The molecule has 0 fully saturated rings. The van der Waals surface area contributed by atoms with E-state index < -0.39 is 11.9 Å². The van der Waals surface area contributed by atoms with Crippen molar-refractivity contribution in [3.63, 3.8) is 0 Å². The van der Waals surface area contributed by atoms with Crippen molar-refractivity contribution in [3.05, 3.63) is 65.2 Å². The second-order valence-electron chi connectivity index (χ2n) is 4.76. The van der Waals surface area contributed by atoms with Gasteiger partial charge < -0.3 is 15.2 Å². The number of anilines is 1. The van der Waals surface area contributed by atoms with E-state index >= 15 is 0 Å². The Hall–Kier alpha value is -3.59. The van der Waals surface area contributed by atoms with Crippen molar-refractivity contribution in [3.8, 4) is 11.8 Å². The van der Waals surface area contributed by atoms with Crippen molar-refractivity contribution in [2.75, 3.05) is 12.4 Å². The third-order valence-electron chi connectivity index (χ3n) is 3.14. The van der Waals surface area contributed by atoms with E-state index in [4.69, 9.17) is 5.26 Å². The number of benzene rings is 2. The quantitative estimate of drug-likeness (QED) is 0.390. The first-order valence-corrected chi connectivity index (χ1v) is 6.94. The SMILES string of the molecule is COC(=O)c1ccc(NC(=O)/C(C#N)=C/c2ccccc2)c(O)c1. The number of amides is 1. The lowest BCUT2D eigenvalue weighted by atomic mass is 10.1. The lowest BCUT2D eigenvalue weighted by molar-refractivity contribution is -0.112. The normalized spacial score (nSPS) is 10.6. The van der Waals surface area contributed by atoms with E-state index in [9.17, 15) is 14.7 Å². The standard InChI is InChI=1S/C18H14N2O4/c1-24-18(23)13-7-8-15(16(21)10-13)20-17(22)14(11-19)9-12-5-3-2-4-6-12/h2-10,21H,1H3,(H,20,22)/b14-9+. The molecule has 0 saturated carbocycles. The van der Waals surface area contributed by atoms with E-state index in [2.05, 4.69) is 10.1 Å². The van der Waals surface area contributed by atoms with Crippen LogP contribution in [0.1, 0.15) is 15.9 Å². The molecule has 0 atom stereocenters. The molecular formula is C18H14N2O4. The average molecular weight is 322 g/mol. The number of carbonyl (C=O) groups is 2. The predicted octanol–water partition coefficient (Wildman–Crippen LogP) is 2.72. The highest BCUT2D eigenvalue weighted by atomic mass is 16.5. The van der Waals surface area contributed by atoms with E-state index in [1.165, 1.54) is 31.4 Å². The maximum Gasteiger partial charge on any atom is 0.337 e. The number of carbonyl (C=O) groups excluding carboxylic acids is 2. The third-order valence-corrected chi connectivity index (χ3v) is 3.14. The fourth-order valence-corrected chi connectivity index (χ4v) is 1.94. The topological polar surface area (TPSA) is 99.4 Å². The van der Waals surface area contributed by atoms with Crippen molar-refractivity contribution in [2.24, 2.45) is 0 Å². The number of nitriles is 1. The summed E-state index contributed by atoms with van der Waals surface area (Å²) < 4.78 is 4.54. The summed E-state index contributed by atoms with van der Waals surface area (Å²) in [6.07, 6.45) is 1.44. The van der Waals surface area contributed by atoms with Gasteiger partial charge in [0.25, 0.3) is 5.91 Å². The van der Waals surface area contributed by atoms with Crippen LogP contribution >= 0.6 is 0 Å². The van der Waals surface area contributed by atoms with E-state index in [1.54, 1.807) is 24.3 Å². The number of nitrogens with one attached hydrogen (secondary N) is 1. The van der Waals surface area contributed by atoms with E-state index in [-0.39, 0.29) is 22.6 Å². The fourth-order valence-electron chi connectivity index (χ4n) is 1.94. The van der Waals surface area contributed by atoms with Gasteiger partial charge in [-0.05, 0) is 29.8 Å². The zero-order chi connectivity index (χ0) is 17.5. The van der Waals surface area contributed by atoms with Crippen LogP contribution in [0.2, 0.25) is 0 Å². The summed E-state index contributed by atoms with van der Waals surface area (Å²) in [4.78, 5) is 23.6. The summed E-state index contributed by atoms with van der Waals surface area (Å²) in [5, 5.41) is 21.5. The van der Waals surface area contributed by atoms with Gasteiger partial charge in [0.15, 0.2) is 0 Å². The van der Waals surface area contributed by atoms with Crippen LogP contribution in [-0.4, -0.2) is 24.1 Å². The second kappa shape index (κ2) is 7.61. The largest absolute Gasteiger partial charge is 0.506 e. The first-order chi connectivity index (χ1) is 11.5. The van der Waals surface area contributed by atoms with Crippen molar-refractivity contribution in [1.29, 1.82) is 5.26 Å². The molecule has 0 saturated heterocycles. The molecule has 0 unspecified atom stereocenters. The van der Waals surface area contributed by atoms with Gasteiger partial charge in [0, 0.05) is 0 Å². The van der Waals surface area contributed by atoms with Gasteiger partial charge in [-0.2, -0.15) is 5.26 Å². The van der Waals surface area contributed by atoms with Crippen molar-refractivity contribution in [1.82, 2.24) is 0 Å². The maximum absolute atomic E-state index is 12.2. The van der Waals surface area contributed by atoms with Crippen LogP contribution in [0.4, 0.5) is 5.69 Å². The number of methoxy groups -OCH3 is 1. The fraction of sp³-hybridized carbons (Fsp3) is 0.0556. The first-order valence-electron chi connectivity index (χ1n) is 6.94. The molecule has 6 heteroatoms. The third kappa shape index (κ3) is 3.99. The lowest BCUT2D eigenvalue weighted by Crippen LogP contribution is -2.14. The minimum Gasteiger partial charge on any atom is -0.506 e. The van der Waals surface area contributed by atoms with Crippen LogP contribution in [0.5, 0.6) is 5.75 Å². The van der Waals surface area contributed by atoms with Crippen LogP contribution in [-0.2, 0) is 9.53 Å². The zero-order valence-electron chi connectivity index (χ0n) is 12.8. The maximum atomic E-state index is 12.2. The lowest BCUT2D eigenvalue weighted by Gasteiger charge is -2.08. The minimum atomic E-state index is -0.664. The van der Waals surface area contributed by atoms with Gasteiger partial charge in [-0.15, -0.1) is 0 Å². The van der Waals surface area contributed by atoms with E-state index in [1.807, 2.05) is 12.1 Å². The Morgan fingerprint density at radius 1 is 1.21 bits per heavy atom. The number of phenolic OH excluding ortho intramolecular Hbond substituents is 1. The Morgan fingerprint density at radius 3 is 2.50 bits per heavy atom. The number of phenols is 1. The molecule has 0 aliphatic rings. The molecule has 24 heavy (non-hydrogen) atoms. The minimum absolute atomic E-state index is 0.0851. The molecule has 0 radical (unpaired) electrons. The van der Waals surface area contributed by atoms with Crippen LogP contribution < -0.4 is 5.32 Å². The van der Waals surface area contributed by atoms with Crippen molar-refractivity contribution < 1.29 is 19.4 Å². The Labute approximate surface area is 138 Å². The van der Waals surface area contributed by atoms with E-state index in [0.717, 1.165) is 0 Å². The predicted molar refractivity (Wildman–Crippen MR) is 88.1 cm³/mol. The Morgan fingerprint density at radius 2 is 1.92 bits per heavy atom. The van der Waals surface area contributed by atoms with Crippen LogP contribution in [0.25, 0.3) is 6.08 Å². The molecule has 120 valence electrons. The molecule has 1 amide bonds. The second-order valence-corrected chi connectivity index (χ2v) is 4.76. The molecule has 2 aromatic rings. The Balaban J connectivity index is 2.21. The molecular weight excluding hydrogens is 308 g/mol. The molecule has 0 aliphatic heterocycles. The average Bonchev–Trinajstić information content (AvgIpc) is 2.61. The molecule has 2 rings (SSSR count).